The monoisotopic (exact) mass is 265 g/mol. The van der Waals surface area contributed by atoms with E-state index < -0.39 is 23.1 Å². The summed E-state index contributed by atoms with van der Waals surface area (Å²) < 4.78 is 13.3. The summed E-state index contributed by atoms with van der Waals surface area (Å²) in [4.78, 5) is 23.0. The predicted octanol–water partition coefficient (Wildman–Crippen LogP) is 2.12. The van der Waals surface area contributed by atoms with Gasteiger partial charge in [-0.05, 0) is 37.5 Å². The fourth-order valence-corrected chi connectivity index (χ4v) is 2.16. The average Bonchev–Trinajstić information content (AvgIpc) is 2.30. The number of aryl methyl sites for hydroxylation is 1. The van der Waals surface area contributed by atoms with Crippen LogP contribution in [0.2, 0.25) is 0 Å². The van der Waals surface area contributed by atoms with Gasteiger partial charge in [-0.25, -0.2) is 4.39 Å². The predicted molar refractivity (Wildman–Crippen MR) is 67.4 cm³/mol. The topological polar surface area (TPSA) is 66.4 Å². The lowest BCUT2D eigenvalue weighted by Gasteiger charge is -2.37. The molecule has 1 aliphatic carbocycles. The number of nitrogens with one attached hydrogen (secondary N) is 1. The molecule has 4 nitrogen and oxygen atoms in total. The Morgan fingerprint density at radius 3 is 2.58 bits per heavy atom. The standard InChI is InChI=1S/C14H16FNO3/c1-9-3-4-10(7-11(9)15)12(17)16-8-14(13(18)19)5-2-6-14/h3-4,7H,2,5-6,8H2,1H3,(H,16,17)(H,18,19). The van der Waals surface area contributed by atoms with Crippen molar-refractivity contribution in [3.05, 3.63) is 35.1 Å². The van der Waals surface area contributed by atoms with Gasteiger partial charge >= 0.3 is 5.97 Å². The first-order chi connectivity index (χ1) is 8.94. The van der Waals surface area contributed by atoms with Gasteiger partial charge in [0.15, 0.2) is 0 Å². The Morgan fingerprint density at radius 1 is 1.42 bits per heavy atom. The first-order valence-electron chi connectivity index (χ1n) is 6.22. The van der Waals surface area contributed by atoms with E-state index in [1.165, 1.54) is 18.2 Å². The molecule has 1 saturated carbocycles. The van der Waals surface area contributed by atoms with Gasteiger partial charge < -0.3 is 10.4 Å². The molecule has 2 N–H and O–H groups in total. The van der Waals surface area contributed by atoms with Crippen LogP contribution in [0.15, 0.2) is 18.2 Å². The quantitative estimate of drug-likeness (QED) is 0.876. The van der Waals surface area contributed by atoms with Crippen LogP contribution in [0.25, 0.3) is 0 Å². The average molecular weight is 265 g/mol. The third-order valence-electron chi connectivity index (χ3n) is 3.79. The van der Waals surface area contributed by atoms with Crippen LogP contribution >= 0.6 is 0 Å². The van der Waals surface area contributed by atoms with Gasteiger partial charge in [-0.2, -0.15) is 0 Å². The van der Waals surface area contributed by atoms with Crippen molar-refractivity contribution in [1.82, 2.24) is 5.32 Å². The SMILES string of the molecule is Cc1ccc(C(=O)NCC2(C(=O)O)CCC2)cc1F. The van der Waals surface area contributed by atoms with E-state index in [2.05, 4.69) is 5.32 Å². The molecule has 0 aromatic heterocycles. The summed E-state index contributed by atoms with van der Waals surface area (Å²) in [6, 6.07) is 4.22. The highest BCUT2D eigenvalue weighted by atomic mass is 19.1. The van der Waals surface area contributed by atoms with E-state index in [9.17, 15) is 14.0 Å². The minimum atomic E-state index is -0.880. The number of hydrogen-bond acceptors (Lipinski definition) is 2. The summed E-state index contributed by atoms with van der Waals surface area (Å²) in [5, 5.41) is 11.7. The van der Waals surface area contributed by atoms with Crippen molar-refractivity contribution in [2.24, 2.45) is 5.41 Å². The Hall–Kier alpha value is -1.91. The van der Waals surface area contributed by atoms with Gasteiger partial charge in [0.1, 0.15) is 5.82 Å². The zero-order valence-electron chi connectivity index (χ0n) is 10.7. The van der Waals surface area contributed by atoms with Crippen LogP contribution in [0.3, 0.4) is 0 Å². The lowest BCUT2D eigenvalue weighted by molar-refractivity contribution is -0.153. The van der Waals surface area contributed by atoms with Crippen LogP contribution in [-0.4, -0.2) is 23.5 Å². The minimum Gasteiger partial charge on any atom is -0.481 e. The Balaban J connectivity index is 2.01. The molecule has 19 heavy (non-hydrogen) atoms. The Kier molecular flexibility index (Phi) is 3.55. The molecular formula is C14H16FNO3. The van der Waals surface area contributed by atoms with Gasteiger partial charge in [0, 0.05) is 12.1 Å². The highest BCUT2D eigenvalue weighted by Crippen LogP contribution is 2.40. The van der Waals surface area contributed by atoms with E-state index in [-0.39, 0.29) is 12.1 Å². The minimum absolute atomic E-state index is 0.0939. The van der Waals surface area contributed by atoms with Crippen molar-refractivity contribution in [1.29, 1.82) is 0 Å². The number of halogens is 1. The maximum absolute atomic E-state index is 13.3. The van der Waals surface area contributed by atoms with Gasteiger partial charge in [-0.15, -0.1) is 0 Å². The molecule has 0 unspecified atom stereocenters. The summed E-state index contributed by atoms with van der Waals surface area (Å²) in [7, 11) is 0. The molecule has 1 aromatic carbocycles. The van der Waals surface area contributed by atoms with Crippen molar-refractivity contribution in [3.8, 4) is 0 Å². The van der Waals surface area contributed by atoms with Crippen molar-refractivity contribution < 1.29 is 19.1 Å². The Morgan fingerprint density at radius 2 is 2.11 bits per heavy atom. The highest BCUT2D eigenvalue weighted by Gasteiger charge is 2.44. The number of hydrogen-bond donors (Lipinski definition) is 2. The second kappa shape index (κ2) is 4.99. The molecule has 0 bridgehead atoms. The fraction of sp³-hybridized carbons (Fsp3) is 0.429. The van der Waals surface area contributed by atoms with E-state index in [1.54, 1.807) is 6.92 Å². The molecule has 1 fully saturated rings. The molecule has 0 heterocycles. The van der Waals surface area contributed by atoms with E-state index in [0.29, 0.717) is 18.4 Å². The number of amides is 1. The number of benzene rings is 1. The van der Waals surface area contributed by atoms with Gasteiger partial charge in [0.05, 0.1) is 5.41 Å². The zero-order chi connectivity index (χ0) is 14.0. The lowest BCUT2D eigenvalue weighted by atomic mass is 9.69. The van der Waals surface area contributed by atoms with Crippen molar-refractivity contribution in [2.45, 2.75) is 26.2 Å². The lowest BCUT2D eigenvalue weighted by Crippen LogP contribution is -2.47. The zero-order valence-corrected chi connectivity index (χ0v) is 10.7. The molecule has 5 heteroatoms. The molecule has 0 aliphatic heterocycles. The summed E-state index contributed by atoms with van der Waals surface area (Å²) in [5.41, 5.74) is -0.153. The molecule has 2 rings (SSSR count). The van der Waals surface area contributed by atoms with Gasteiger partial charge in [0.2, 0.25) is 0 Å². The first-order valence-corrected chi connectivity index (χ1v) is 6.22. The smallest absolute Gasteiger partial charge is 0.311 e. The van der Waals surface area contributed by atoms with Gasteiger partial charge in [0.25, 0.3) is 5.91 Å². The fourth-order valence-electron chi connectivity index (χ4n) is 2.16. The second-order valence-corrected chi connectivity index (χ2v) is 5.09. The first kappa shape index (κ1) is 13.5. The van der Waals surface area contributed by atoms with E-state index in [0.717, 1.165) is 6.42 Å². The highest BCUT2D eigenvalue weighted by molar-refractivity contribution is 5.94. The van der Waals surface area contributed by atoms with E-state index in [1.807, 2.05) is 0 Å². The molecule has 1 aliphatic rings. The van der Waals surface area contributed by atoms with Crippen molar-refractivity contribution in [2.75, 3.05) is 6.54 Å². The summed E-state index contributed by atoms with van der Waals surface area (Å²) >= 11 is 0. The van der Waals surface area contributed by atoms with Crippen LogP contribution in [0.4, 0.5) is 4.39 Å². The number of carboxylic acid groups (broad SMARTS) is 1. The third-order valence-corrected chi connectivity index (χ3v) is 3.79. The summed E-state index contributed by atoms with van der Waals surface area (Å²) in [5.74, 6) is -1.76. The van der Waals surface area contributed by atoms with Gasteiger partial charge in [-0.1, -0.05) is 12.5 Å². The normalized spacial score (nSPS) is 16.5. The van der Waals surface area contributed by atoms with Crippen LogP contribution in [0, 0.1) is 18.2 Å². The molecule has 1 aromatic rings. The molecule has 0 spiro atoms. The second-order valence-electron chi connectivity index (χ2n) is 5.09. The Labute approximate surface area is 110 Å². The van der Waals surface area contributed by atoms with E-state index >= 15 is 0 Å². The molecule has 0 atom stereocenters. The molecule has 102 valence electrons. The maximum atomic E-state index is 13.3. The third kappa shape index (κ3) is 2.59. The molecule has 0 saturated heterocycles. The number of aliphatic carboxylic acids is 1. The van der Waals surface area contributed by atoms with Gasteiger partial charge in [-0.3, -0.25) is 9.59 Å². The van der Waals surface area contributed by atoms with Crippen molar-refractivity contribution in [3.63, 3.8) is 0 Å². The van der Waals surface area contributed by atoms with Crippen LogP contribution < -0.4 is 5.32 Å². The van der Waals surface area contributed by atoms with Crippen LogP contribution in [-0.2, 0) is 4.79 Å². The van der Waals surface area contributed by atoms with Crippen LogP contribution in [0.1, 0.15) is 35.2 Å². The maximum Gasteiger partial charge on any atom is 0.311 e. The number of rotatable bonds is 4. The molecule has 1 amide bonds. The molecule has 0 radical (unpaired) electrons. The van der Waals surface area contributed by atoms with Crippen LogP contribution in [0.5, 0.6) is 0 Å². The molecular weight excluding hydrogens is 249 g/mol. The number of carbonyl (C=O) groups excluding carboxylic acids is 1. The number of carbonyl (C=O) groups is 2. The summed E-state index contributed by atoms with van der Waals surface area (Å²) in [6.45, 7) is 1.71. The van der Waals surface area contributed by atoms with E-state index in [4.69, 9.17) is 5.11 Å². The number of carboxylic acids is 1. The van der Waals surface area contributed by atoms with Crippen molar-refractivity contribution >= 4 is 11.9 Å². The summed E-state index contributed by atoms with van der Waals surface area (Å²) in [6.07, 6.45) is 2.01. The largest absolute Gasteiger partial charge is 0.481 e. The Bertz CT molecular complexity index is 523.